The minimum Gasteiger partial charge on any atom is -0.478 e. The molecule has 0 radical (unpaired) electrons. The number of likely N-dealkylation sites (tertiary alicyclic amines) is 1. The van der Waals surface area contributed by atoms with E-state index in [0.717, 1.165) is 17.5 Å². The Morgan fingerprint density at radius 3 is 2.63 bits per heavy atom. The second kappa shape index (κ2) is 11.3. The number of carbonyl (C=O) groups excluding carboxylic acids is 1. The first-order valence-electron chi connectivity index (χ1n) is 12.3. The average Bonchev–Trinajstić information content (AvgIpc) is 3.21. The summed E-state index contributed by atoms with van der Waals surface area (Å²) >= 11 is 0. The summed E-state index contributed by atoms with van der Waals surface area (Å²) < 4.78 is 0. The molecule has 1 fully saturated rings. The number of hydrogen-bond acceptors (Lipinski definition) is 3. The highest BCUT2D eigenvalue weighted by Crippen LogP contribution is 2.30. The molecule has 0 spiro atoms. The third-order valence-corrected chi connectivity index (χ3v) is 6.96. The number of carboxylic acid groups (broad SMARTS) is 1. The van der Waals surface area contributed by atoms with E-state index in [1.807, 2.05) is 17.1 Å². The van der Waals surface area contributed by atoms with Crippen LogP contribution in [0.4, 0.5) is 0 Å². The molecule has 0 saturated carbocycles. The third-order valence-electron chi connectivity index (χ3n) is 6.96. The SMILES string of the molecule is CC1C=CC=CC1c1cccc(C[C@H](O)/C=C/C2CCC(=O)N2CCc2ccc(C(=O)O)cc2)c1. The molecule has 5 nitrogen and oxygen atoms in total. The van der Waals surface area contributed by atoms with Gasteiger partial charge in [-0.15, -0.1) is 0 Å². The lowest BCUT2D eigenvalue weighted by atomic mass is 9.83. The fraction of sp³-hybridized carbons (Fsp3) is 0.333. The molecule has 1 saturated heterocycles. The number of carbonyl (C=O) groups is 2. The minimum absolute atomic E-state index is 0.0261. The van der Waals surface area contributed by atoms with Gasteiger partial charge >= 0.3 is 5.97 Å². The Labute approximate surface area is 207 Å². The van der Waals surface area contributed by atoms with Crippen LogP contribution in [-0.2, 0) is 17.6 Å². The second-order valence-electron chi connectivity index (χ2n) is 9.50. The summed E-state index contributed by atoms with van der Waals surface area (Å²) in [6.07, 6.45) is 14.2. The van der Waals surface area contributed by atoms with Crippen molar-refractivity contribution in [2.75, 3.05) is 6.54 Å². The van der Waals surface area contributed by atoms with Gasteiger partial charge < -0.3 is 15.1 Å². The molecule has 2 aliphatic rings. The highest BCUT2D eigenvalue weighted by molar-refractivity contribution is 5.87. The van der Waals surface area contributed by atoms with Gasteiger partial charge in [0.15, 0.2) is 0 Å². The normalized spacial score (nSPS) is 22.7. The Balaban J connectivity index is 1.34. The van der Waals surface area contributed by atoms with Crippen molar-refractivity contribution in [3.05, 3.63) is 107 Å². The molecule has 1 aliphatic heterocycles. The predicted molar refractivity (Wildman–Crippen MR) is 137 cm³/mol. The number of aliphatic hydroxyl groups is 1. The monoisotopic (exact) mass is 471 g/mol. The number of allylic oxidation sites excluding steroid dienone is 4. The van der Waals surface area contributed by atoms with E-state index in [1.54, 1.807) is 24.3 Å². The molecule has 0 aromatic heterocycles. The van der Waals surface area contributed by atoms with Crippen LogP contribution in [0.5, 0.6) is 0 Å². The number of amides is 1. The first-order chi connectivity index (χ1) is 16.9. The lowest BCUT2D eigenvalue weighted by Crippen LogP contribution is -2.33. The lowest BCUT2D eigenvalue weighted by Gasteiger charge is -2.23. The predicted octanol–water partition coefficient (Wildman–Crippen LogP) is 4.92. The van der Waals surface area contributed by atoms with E-state index in [0.29, 0.717) is 37.6 Å². The van der Waals surface area contributed by atoms with E-state index in [9.17, 15) is 14.7 Å². The molecule has 2 N–H and O–H groups in total. The molecule has 1 heterocycles. The van der Waals surface area contributed by atoms with Crippen LogP contribution in [0.15, 0.2) is 85.0 Å². The van der Waals surface area contributed by atoms with Crippen LogP contribution >= 0.6 is 0 Å². The number of aliphatic hydroxyl groups excluding tert-OH is 1. The third kappa shape index (κ3) is 6.37. The molecule has 4 rings (SSSR count). The molecule has 3 unspecified atom stereocenters. The van der Waals surface area contributed by atoms with Crippen molar-refractivity contribution in [1.29, 1.82) is 0 Å². The van der Waals surface area contributed by atoms with Crippen molar-refractivity contribution in [1.82, 2.24) is 4.90 Å². The van der Waals surface area contributed by atoms with Gasteiger partial charge in [-0.05, 0) is 47.6 Å². The number of benzene rings is 2. The molecule has 35 heavy (non-hydrogen) atoms. The maximum absolute atomic E-state index is 12.4. The fourth-order valence-electron chi connectivity index (χ4n) is 4.94. The molecule has 1 amide bonds. The summed E-state index contributed by atoms with van der Waals surface area (Å²) in [7, 11) is 0. The number of carboxylic acids is 1. The maximum atomic E-state index is 12.4. The molecule has 182 valence electrons. The zero-order valence-corrected chi connectivity index (χ0v) is 20.1. The summed E-state index contributed by atoms with van der Waals surface area (Å²) in [5.74, 6) is -0.0286. The van der Waals surface area contributed by atoms with Crippen LogP contribution in [0.3, 0.4) is 0 Å². The Hall–Kier alpha value is -3.44. The van der Waals surface area contributed by atoms with Crippen molar-refractivity contribution in [2.45, 2.75) is 50.7 Å². The molecule has 1 aliphatic carbocycles. The Morgan fingerprint density at radius 1 is 1.11 bits per heavy atom. The van der Waals surface area contributed by atoms with Gasteiger partial charge in [-0.25, -0.2) is 4.79 Å². The van der Waals surface area contributed by atoms with Gasteiger partial charge in [0.25, 0.3) is 0 Å². The Bertz CT molecular complexity index is 1130. The van der Waals surface area contributed by atoms with Crippen LogP contribution in [0.2, 0.25) is 0 Å². The van der Waals surface area contributed by atoms with Crippen molar-refractivity contribution < 1.29 is 19.8 Å². The van der Waals surface area contributed by atoms with E-state index in [4.69, 9.17) is 5.11 Å². The highest BCUT2D eigenvalue weighted by Gasteiger charge is 2.28. The molecule has 2 aromatic rings. The zero-order valence-electron chi connectivity index (χ0n) is 20.1. The van der Waals surface area contributed by atoms with Gasteiger partial charge in [0.1, 0.15) is 0 Å². The number of rotatable bonds is 9. The molecular weight excluding hydrogens is 438 g/mol. The summed E-state index contributed by atoms with van der Waals surface area (Å²) in [4.78, 5) is 25.3. The largest absolute Gasteiger partial charge is 0.478 e. The Morgan fingerprint density at radius 2 is 1.89 bits per heavy atom. The smallest absolute Gasteiger partial charge is 0.335 e. The van der Waals surface area contributed by atoms with E-state index in [1.165, 1.54) is 5.56 Å². The van der Waals surface area contributed by atoms with Crippen LogP contribution in [-0.4, -0.2) is 45.7 Å². The number of aromatic carboxylic acids is 1. The second-order valence-corrected chi connectivity index (χ2v) is 9.50. The van der Waals surface area contributed by atoms with Crippen molar-refractivity contribution in [3.63, 3.8) is 0 Å². The van der Waals surface area contributed by atoms with Crippen LogP contribution in [0, 0.1) is 5.92 Å². The van der Waals surface area contributed by atoms with E-state index in [-0.39, 0.29) is 17.5 Å². The summed E-state index contributed by atoms with van der Waals surface area (Å²) in [5.41, 5.74) is 3.61. The van der Waals surface area contributed by atoms with Gasteiger partial charge in [-0.3, -0.25) is 4.79 Å². The van der Waals surface area contributed by atoms with Gasteiger partial charge in [0, 0.05) is 25.3 Å². The summed E-state index contributed by atoms with van der Waals surface area (Å²) in [6.45, 7) is 2.79. The van der Waals surface area contributed by atoms with Crippen molar-refractivity contribution in [3.8, 4) is 0 Å². The molecule has 4 atom stereocenters. The number of hydrogen-bond donors (Lipinski definition) is 2. The van der Waals surface area contributed by atoms with E-state index in [2.05, 4.69) is 55.5 Å². The minimum atomic E-state index is -0.945. The standard InChI is InChI=1S/C30H33NO4/c1-21-5-2-3-8-28(21)25-7-4-6-23(19-25)20-27(32)15-13-26-14-16-29(33)31(26)18-17-22-9-11-24(12-10-22)30(34)35/h2-13,15,19,21,26-28,32H,14,16-18,20H2,1H3,(H,34,35)/b15-13+/t21?,26?,27-,28?/m1/s1. The summed E-state index contributed by atoms with van der Waals surface area (Å²) in [6, 6.07) is 15.2. The quantitative estimate of drug-likeness (QED) is 0.509. The molecule has 5 heteroatoms. The maximum Gasteiger partial charge on any atom is 0.335 e. The van der Waals surface area contributed by atoms with Gasteiger partial charge in [0.05, 0.1) is 17.7 Å². The van der Waals surface area contributed by atoms with Crippen LogP contribution in [0.1, 0.15) is 52.7 Å². The van der Waals surface area contributed by atoms with Gasteiger partial charge in [-0.2, -0.15) is 0 Å². The Kier molecular flexibility index (Phi) is 7.98. The molecule has 0 bridgehead atoms. The highest BCUT2D eigenvalue weighted by atomic mass is 16.4. The first-order valence-corrected chi connectivity index (χ1v) is 12.3. The lowest BCUT2D eigenvalue weighted by molar-refractivity contribution is -0.128. The average molecular weight is 472 g/mol. The van der Waals surface area contributed by atoms with E-state index < -0.39 is 12.1 Å². The molecular formula is C30H33NO4. The zero-order chi connectivity index (χ0) is 24.8. The molecule has 2 aromatic carbocycles. The van der Waals surface area contributed by atoms with Crippen LogP contribution in [0.25, 0.3) is 0 Å². The van der Waals surface area contributed by atoms with E-state index >= 15 is 0 Å². The van der Waals surface area contributed by atoms with Gasteiger partial charge in [0.2, 0.25) is 5.91 Å². The van der Waals surface area contributed by atoms with Crippen molar-refractivity contribution >= 4 is 11.9 Å². The van der Waals surface area contributed by atoms with Crippen molar-refractivity contribution in [2.24, 2.45) is 5.92 Å². The summed E-state index contributed by atoms with van der Waals surface area (Å²) in [5, 5.41) is 19.7. The van der Waals surface area contributed by atoms with Gasteiger partial charge in [-0.1, -0.05) is 79.8 Å². The van der Waals surface area contributed by atoms with Crippen LogP contribution < -0.4 is 0 Å². The topological polar surface area (TPSA) is 77.8 Å². The first kappa shape index (κ1) is 24.7. The number of nitrogens with zero attached hydrogens (tertiary/aromatic N) is 1. The fourth-order valence-corrected chi connectivity index (χ4v) is 4.94.